The van der Waals surface area contributed by atoms with Crippen molar-refractivity contribution in [1.29, 1.82) is 0 Å². The topological polar surface area (TPSA) is 63.2 Å². The number of rotatable bonds is 6. The molecule has 0 radical (unpaired) electrons. The van der Waals surface area contributed by atoms with Gasteiger partial charge in [-0.25, -0.2) is 4.98 Å². The van der Waals surface area contributed by atoms with E-state index >= 15 is 0 Å². The van der Waals surface area contributed by atoms with Crippen LogP contribution in [0.15, 0.2) is 11.6 Å². The summed E-state index contributed by atoms with van der Waals surface area (Å²) in [6.07, 6.45) is 4.27. The molecule has 2 rings (SSSR count). The van der Waals surface area contributed by atoms with Crippen molar-refractivity contribution in [2.24, 2.45) is 5.41 Å². The lowest BCUT2D eigenvalue weighted by Crippen LogP contribution is -2.50. The molecule has 5 nitrogen and oxygen atoms in total. The van der Waals surface area contributed by atoms with Crippen LogP contribution in [0.25, 0.3) is 0 Å². The number of ether oxygens (including phenoxy) is 1. The summed E-state index contributed by atoms with van der Waals surface area (Å²) in [4.78, 5) is 17.0. The summed E-state index contributed by atoms with van der Waals surface area (Å²) in [5.74, 6) is 0.0999. The first kappa shape index (κ1) is 21.6. The first-order valence-electron chi connectivity index (χ1n) is 7.12. The molecule has 2 N–H and O–H groups in total. The lowest BCUT2D eigenvalue weighted by atomic mass is 9.78. The Labute approximate surface area is 148 Å². The molecule has 1 aliphatic rings. The van der Waals surface area contributed by atoms with Crippen molar-refractivity contribution in [2.75, 3.05) is 26.8 Å². The third kappa shape index (κ3) is 5.06. The van der Waals surface area contributed by atoms with E-state index in [4.69, 9.17) is 4.74 Å². The molecule has 1 atom stereocenters. The van der Waals surface area contributed by atoms with Gasteiger partial charge in [0.05, 0.1) is 18.1 Å². The molecule has 0 aromatic carbocycles. The van der Waals surface area contributed by atoms with E-state index in [0.717, 1.165) is 37.4 Å². The molecule has 1 fully saturated rings. The maximum Gasteiger partial charge on any atom is 0.229 e. The second-order valence-corrected chi connectivity index (χ2v) is 6.19. The van der Waals surface area contributed by atoms with Gasteiger partial charge >= 0.3 is 0 Å². The van der Waals surface area contributed by atoms with Crippen molar-refractivity contribution in [3.8, 4) is 0 Å². The van der Waals surface area contributed by atoms with Gasteiger partial charge in [-0.05, 0) is 32.4 Å². The van der Waals surface area contributed by atoms with E-state index in [1.807, 2.05) is 5.38 Å². The molecule has 0 spiro atoms. The minimum absolute atomic E-state index is 0. The summed E-state index contributed by atoms with van der Waals surface area (Å²) in [6.45, 7) is 4.28. The Kier molecular flexibility index (Phi) is 10.2. The molecule has 1 aliphatic heterocycles. The molecular formula is C14H25Cl2N3O2S. The SMILES string of the molecule is CCC(NC(=O)C1(COC)CCNCC1)c1nccs1.Cl.Cl. The molecule has 8 heteroatoms. The predicted molar refractivity (Wildman–Crippen MR) is 94.2 cm³/mol. The van der Waals surface area contributed by atoms with E-state index in [2.05, 4.69) is 22.5 Å². The van der Waals surface area contributed by atoms with Gasteiger partial charge in [0.1, 0.15) is 5.01 Å². The lowest BCUT2D eigenvalue weighted by molar-refractivity contribution is -0.137. The molecule has 1 saturated heterocycles. The van der Waals surface area contributed by atoms with Crippen LogP contribution in [0.5, 0.6) is 0 Å². The zero-order valence-corrected chi connectivity index (χ0v) is 15.4. The fourth-order valence-electron chi connectivity index (χ4n) is 2.67. The molecule has 1 amide bonds. The Bertz CT molecular complexity index is 420. The number of thiazole rings is 1. The Morgan fingerprint density at radius 3 is 2.68 bits per heavy atom. The second-order valence-electron chi connectivity index (χ2n) is 5.27. The number of hydrogen-bond acceptors (Lipinski definition) is 5. The van der Waals surface area contributed by atoms with Gasteiger partial charge in [0.2, 0.25) is 5.91 Å². The van der Waals surface area contributed by atoms with E-state index in [-0.39, 0.29) is 36.8 Å². The van der Waals surface area contributed by atoms with Gasteiger partial charge in [-0.3, -0.25) is 4.79 Å². The number of nitrogens with one attached hydrogen (secondary N) is 2. The average Bonchev–Trinajstić information content (AvgIpc) is 2.99. The number of piperidine rings is 1. The maximum absolute atomic E-state index is 12.7. The molecule has 0 aliphatic carbocycles. The third-order valence-corrected chi connectivity index (χ3v) is 4.82. The monoisotopic (exact) mass is 369 g/mol. The second kappa shape index (κ2) is 10.4. The number of nitrogens with zero attached hydrogens (tertiary/aromatic N) is 1. The molecule has 22 heavy (non-hydrogen) atoms. The van der Waals surface area contributed by atoms with Crippen LogP contribution in [0.3, 0.4) is 0 Å². The highest BCUT2D eigenvalue weighted by atomic mass is 35.5. The third-order valence-electron chi connectivity index (χ3n) is 3.93. The van der Waals surface area contributed by atoms with Gasteiger partial charge in [0, 0.05) is 18.7 Å². The van der Waals surface area contributed by atoms with Crippen LogP contribution in [0, 0.1) is 5.41 Å². The smallest absolute Gasteiger partial charge is 0.229 e. The summed E-state index contributed by atoms with van der Waals surface area (Å²) in [7, 11) is 1.66. The number of carbonyl (C=O) groups excluding carboxylic acids is 1. The minimum atomic E-state index is -0.398. The van der Waals surface area contributed by atoms with E-state index in [9.17, 15) is 4.79 Å². The van der Waals surface area contributed by atoms with Crippen LogP contribution in [-0.2, 0) is 9.53 Å². The van der Waals surface area contributed by atoms with E-state index in [0.29, 0.717) is 6.61 Å². The first-order chi connectivity index (χ1) is 9.72. The predicted octanol–water partition coefficient (Wildman–Crippen LogP) is 2.57. The normalized spacial score (nSPS) is 17.7. The first-order valence-corrected chi connectivity index (χ1v) is 8.00. The number of carbonyl (C=O) groups is 1. The number of methoxy groups -OCH3 is 1. The highest BCUT2D eigenvalue weighted by Gasteiger charge is 2.40. The molecule has 0 bridgehead atoms. The summed E-state index contributed by atoms with van der Waals surface area (Å²) in [5, 5.41) is 9.39. The zero-order chi connectivity index (χ0) is 14.4. The van der Waals surface area contributed by atoms with Gasteiger partial charge < -0.3 is 15.4 Å². The standard InChI is InChI=1S/C14H23N3O2S.2ClH/c1-3-11(12-16-8-9-20-12)17-13(18)14(10-19-2)4-6-15-7-5-14;;/h8-9,11,15H,3-7,10H2,1-2H3,(H,17,18);2*1H. The lowest BCUT2D eigenvalue weighted by Gasteiger charge is -2.36. The largest absolute Gasteiger partial charge is 0.384 e. The van der Waals surface area contributed by atoms with Gasteiger partial charge in [0.15, 0.2) is 0 Å². The highest BCUT2D eigenvalue weighted by molar-refractivity contribution is 7.09. The Morgan fingerprint density at radius 1 is 1.50 bits per heavy atom. The molecular weight excluding hydrogens is 345 g/mol. The van der Waals surface area contributed by atoms with Crippen molar-refractivity contribution in [3.63, 3.8) is 0 Å². The van der Waals surface area contributed by atoms with Crippen LogP contribution in [-0.4, -0.2) is 37.7 Å². The fraction of sp³-hybridized carbons (Fsp3) is 0.714. The van der Waals surface area contributed by atoms with Gasteiger partial charge in [-0.15, -0.1) is 36.2 Å². The zero-order valence-electron chi connectivity index (χ0n) is 13.0. The summed E-state index contributed by atoms with van der Waals surface area (Å²) in [5.41, 5.74) is -0.398. The Balaban J connectivity index is 0.00000220. The quantitative estimate of drug-likeness (QED) is 0.808. The van der Waals surface area contributed by atoms with Crippen LogP contribution < -0.4 is 10.6 Å². The van der Waals surface area contributed by atoms with Crippen LogP contribution in [0.1, 0.15) is 37.2 Å². The number of halogens is 2. The van der Waals surface area contributed by atoms with Crippen molar-refractivity contribution < 1.29 is 9.53 Å². The number of aromatic nitrogens is 1. The summed E-state index contributed by atoms with van der Waals surface area (Å²) >= 11 is 1.59. The fourth-order valence-corrected chi connectivity index (χ4v) is 3.45. The van der Waals surface area contributed by atoms with E-state index in [1.54, 1.807) is 24.6 Å². The summed E-state index contributed by atoms with van der Waals surface area (Å²) in [6, 6.07) is 0.00566. The van der Waals surface area contributed by atoms with Crippen LogP contribution >= 0.6 is 36.2 Å². The van der Waals surface area contributed by atoms with Crippen molar-refractivity contribution in [1.82, 2.24) is 15.6 Å². The van der Waals surface area contributed by atoms with Gasteiger partial charge in [-0.2, -0.15) is 0 Å². The summed E-state index contributed by atoms with van der Waals surface area (Å²) < 4.78 is 5.31. The molecule has 1 unspecified atom stereocenters. The van der Waals surface area contributed by atoms with E-state index in [1.165, 1.54) is 0 Å². The van der Waals surface area contributed by atoms with Crippen molar-refractivity contribution >= 4 is 42.1 Å². The number of amides is 1. The van der Waals surface area contributed by atoms with Crippen LogP contribution in [0.4, 0.5) is 0 Å². The molecule has 2 heterocycles. The molecule has 1 aromatic heterocycles. The highest BCUT2D eigenvalue weighted by Crippen LogP contribution is 2.31. The van der Waals surface area contributed by atoms with Crippen molar-refractivity contribution in [2.45, 2.75) is 32.2 Å². The number of hydrogen-bond donors (Lipinski definition) is 2. The van der Waals surface area contributed by atoms with Gasteiger partial charge in [0.25, 0.3) is 0 Å². The average molecular weight is 370 g/mol. The molecule has 1 aromatic rings. The van der Waals surface area contributed by atoms with Gasteiger partial charge in [-0.1, -0.05) is 6.92 Å². The maximum atomic E-state index is 12.7. The van der Waals surface area contributed by atoms with E-state index < -0.39 is 5.41 Å². The van der Waals surface area contributed by atoms with Crippen LogP contribution in [0.2, 0.25) is 0 Å². The molecule has 0 saturated carbocycles. The molecule has 128 valence electrons. The Hall–Kier alpha value is -0.400. The van der Waals surface area contributed by atoms with Crippen molar-refractivity contribution in [3.05, 3.63) is 16.6 Å². The minimum Gasteiger partial charge on any atom is -0.384 e. The Morgan fingerprint density at radius 2 is 2.18 bits per heavy atom.